The molecule has 0 N–H and O–H groups in total. The first-order valence-electron chi connectivity index (χ1n) is 5.59. The minimum absolute atomic E-state index is 0.593. The SMILES string of the molecule is CN1[C@@H]2CC[C@@H]1C(c1ccc(Cl)nc1)C2. The maximum atomic E-state index is 5.80. The number of rotatable bonds is 1. The standard InChI is InChI=1S/C12H15ClN2/c1-15-9-3-4-11(15)10(6-9)8-2-5-12(13)14-7-8/h2,5,7,9-11H,3-4,6H2,1H3/t9-,10?,11-/m1/s1. The molecule has 15 heavy (non-hydrogen) atoms. The highest BCUT2D eigenvalue weighted by Crippen LogP contribution is 2.45. The van der Waals surface area contributed by atoms with Crippen molar-refractivity contribution in [3.8, 4) is 0 Å². The van der Waals surface area contributed by atoms with E-state index in [1.54, 1.807) is 0 Å². The molecule has 2 aliphatic rings. The molecule has 2 nitrogen and oxygen atoms in total. The highest BCUT2D eigenvalue weighted by Gasteiger charge is 2.44. The van der Waals surface area contributed by atoms with Gasteiger partial charge in [-0.1, -0.05) is 17.7 Å². The summed E-state index contributed by atoms with van der Waals surface area (Å²) in [6.07, 6.45) is 5.96. The van der Waals surface area contributed by atoms with Crippen molar-refractivity contribution in [1.29, 1.82) is 0 Å². The van der Waals surface area contributed by atoms with Gasteiger partial charge in [-0.2, -0.15) is 0 Å². The Bertz CT molecular complexity index is 362. The normalized spacial score (nSPS) is 34.9. The quantitative estimate of drug-likeness (QED) is 0.680. The Morgan fingerprint density at radius 3 is 2.80 bits per heavy atom. The van der Waals surface area contributed by atoms with E-state index in [2.05, 4.69) is 23.0 Å². The Morgan fingerprint density at radius 1 is 1.40 bits per heavy atom. The van der Waals surface area contributed by atoms with Crippen LogP contribution in [0.15, 0.2) is 18.3 Å². The maximum Gasteiger partial charge on any atom is 0.129 e. The molecule has 3 atom stereocenters. The van der Waals surface area contributed by atoms with Gasteiger partial charge in [-0.15, -0.1) is 0 Å². The lowest BCUT2D eigenvalue weighted by Crippen LogP contribution is -2.25. The van der Waals surface area contributed by atoms with Crippen molar-refractivity contribution < 1.29 is 0 Å². The third-order valence-corrected chi connectivity index (χ3v) is 4.29. The topological polar surface area (TPSA) is 16.1 Å². The molecule has 2 aliphatic heterocycles. The van der Waals surface area contributed by atoms with Crippen LogP contribution in [0.3, 0.4) is 0 Å². The zero-order valence-electron chi connectivity index (χ0n) is 8.86. The molecule has 1 aromatic heterocycles. The molecule has 3 heteroatoms. The molecular formula is C12H15ClN2. The molecule has 3 rings (SSSR count). The number of pyridine rings is 1. The summed E-state index contributed by atoms with van der Waals surface area (Å²) >= 11 is 5.80. The van der Waals surface area contributed by atoms with Crippen molar-refractivity contribution in [2.75, 3.05) is 7.05 Å². The molecule has 0 aliphatic carbocycles. The molecule has 0 radical (unpaired) electrons. The number of aromatic nitrogens is 1. The molecule has 80 valence electrons. The number of fused-ring (bicyclic) bond motifs is 2. The van der Waals surface area contributed by atoms with E-state index in [1.165, 1.54) is 24.8 Å². The summed E-state index contributed by atoms with van der Waals surface area (Å²) in [7, 11) is 2.26. The molecule has 1 unspecified atom stereocenters. The molecule has 2 saturated heterocycles. The van der Waals surface area contributed by atoms with E-state index >= 15 is 0 Å². The van der Waals surface area contributed by atoms with Gasteiger partial charge in [-0.05, 0) is 37.9 Å². The van der Waals surface area contributed by atoms with E-state index in [-0.39, 0.29) is 0 Å². The van der Waals surface area contributed by atoms with E-state index in [4.69, 9.17) is 11.6 Å². The van der Waals surface area contributed by atoms with E-state index in [0.29, 0.717) is 11.1 Å². The molecule has 0 amide bonds. The smallest absolute Gasteiger partial charge is 0.129 e. The second kappa shape index (κ2) is 3.46. The summed E-state index contributed by atoms with van der Waals surface area (Å²) in [5.41, 5.74) is 1.36. The number of hydrogen-bond acceptors (Lipinski definition) is 2. The minimum atomic E-state index is 0.593. The van der Waals surface area contributed by atoms with E-state index in [1.807, 2.05) is 12.3 Å². The van der Waals surface area contributed by atoms with Gasteiger partial charge >= 0.3 is 0 Å². The van der Waals surface area contributed by atoms with E-state index < -0.39 is 0 Å². The second-order valence-electron chi connectivity index (χ2n) is 4.72. The van der Waals surface area contributed by atoms with Gasteiger partial charge in [0.2, 0.25) is 0 Å². The monoisotopic (exact) mass is 222 g/mol. The minimum Gasteiger partial charge on any atom is -0.300 e. The summed E-state index contributed by atoms with van der Waals surface area (Å²) in [6, 6.07) is 5.57. The van der Waals surface area contributed by atoms with Gasteiger partial charge in [0.05, 0.1) is 0 Å². The van der Waals surface area contributed by atoms with Crippen molar-refractivity contribution in [2.24, 2.45) is 0 Å². The first kappa shape index (κ1) is 9.61. The number of likely N-dealkylation sites (N-methyl/N-ethyl adjacent to an activating group) is 1. The summed E-state index contributed by atoms with van der Waals surface area (Å²) in [6.45, 7) is 0. The van der Waals surface area contributed by atoms with Gasteiger partial charge in [0, 0.05) is 24.2 Å². The van der Waals surface area contributed by atoms with Gasteiger partial charge < -0.3 is 0 Å². The molecule has 0 spiro atoms. The third kappa shape index (κ3) is 1.47. The predicted octanol–water partition coefficient (Wildman–Crippen LogP) is 2.69. The highest BCUT2D eigenvalue weighted by molar-refractivity contribution is 6.29. The second-order valence-corrected chi connectivity index (χ2v) is 5.11. The lowest BCUT2D eigenvalue weighted by molar-refractivity contribution is 0.307. The molecule has 3 heterocycles. The Hall–Kier alpha value is -0.600. The summed E-state index contributed by atoms with van der Waals surface area (Å²) in [5, 5.41) is 0.593. The fourth-order valence-electron chi connectivity index (χ4n) is 3.23. The zero-order chi connectivity index (χ0) is 10.4. The van der Waals surface area contributed by atoms with Crippen LogP contribution in [-0.4, -0.2) is 29.0 Å². The van der Waals surface area contributed by atoms with E-state index in [9.17, 15) is 0 Å². The Kier molecular flexibility index (Phi) is 2.22. The molecule has 0 aromatic carbocycles. The van der Waals surface area contributed by atoms with Crippen molar-refractivity contribution >= 4 is 11.6 Å². The van der Waals surface area contributed by atoms with Crippen molar-refractivity contribution in [1.82, 2.24) is 9.88 Å². The van der Waals surface area contributed by atoms with Crippen LogP contribution in [0.2, 0.25) is 5.15 Å². The Morgan fingerprint density at radius 2 is 2.27 bits per heavy atom. The van der Waals surface area contributed by atoms with Crippen LogP contribution in [-0.2, 0) is 0 Å². The highest BCUT2D eigenvalue weighted by atomic mass is 35.5. The lowest BCUT2D eigenvalue weighted by atomic mass is 9.85. The third-order valence-electron chi connectivity index (χ3n) is 4.06. The molecule has 1 aromatic rings. The fraction of sp³-hybridized carbons (Fsp3) is 0.583. The lowest BCUT2D eigenvalue weighted by Gasteiger charge is -2.21. The van der Waals surface area contributed by atoms with Crippen LogP contribution >= 0.6 is 11.6 Å². The van der Waals surface area contributed by atoms with Crippen LogP contribution < -0.4 is 0 Å². The largest absolute Gasteiger partial charge is 0.300 e. The first-order chi connectivity index (χ1) is 7.25. The molecule has 2 bridgehead atoms. The summed E-state index contributed by atoms with van der Waals surface area (Å²) < 4.78 is 0. The molecule has 0 saturated carbocycles. The Balaban J connectivity index is 1.87. The number of nitrogens with zero attached hydrogens (tertiary/aromatic N) is 2. The summed E-state index contributed by atoms with van der Waals surface area (Å²) in [4.78, 5) is 6.72. The maximum absolute atomic E-state index is 5.80. The van der Waals surface area contributed by atoms with Crippen molar-refractivity contribution in [3.63, 3.8) is 0 Å². The zero-order valence-corrected chi connectivity index (χ0v) is 9.61. The van der Waals surface area contributed by atoms with Crippen molar-refractivity contribution in [2.45, 2.75) is 37.3 Å². The van der Waals surface area contributed by atoms with Crippen LogP contribution in [0.1, 0.15) is 30.7 Å². The van der Waals surface area contributed by atoms with Gasteiger partial charge in [0.1, 0.15) is 5.15 Å². The first-order valence-corrected chi connectivity index (χ1v) is 5.97. The van der Waals surface area contributed by atoms with Crippen LogP contribution in [0, 0.1) is 0 Å². The molecular weight excluding hydrogens is 208 g/mol. The average molecular weight is 223 g/mol. The van der Waals surface area contributed by atoms with Gasteiger partial charge in [0.15, 0.2) is 0 Å². The predicted molar refractivity (Wildman–Crippen MR) is 61.2 cm³/mol. The molecule has 2 fully saturated rings. The van der Waals surface area contributed by atoms with Crippen LogP contribution in [0.4, 0.5) is 0 Å². The van der Waals surface area contributed by atoms with Crippen LogP contribution in [0.5, 0.6) is 0 Å². The average Bonchev–Trinajstić information content (AvgIpc) is 2.75. The van der Waals surface area contributed by atoms with Gasteiger partial charge in [-0.25, -0.2) is 4.98 Å². The van der Waals surface area contributed by atoms with E-state index in [0.717, 1.165) is 12.1 Å². The van der Waals surface area contributed by atoms with Crippen molar-refractivity contribution in [3.05, 3.63) is 29.0 Å². The van der Waals surface area contributed by atoms with Gasteiger partial charge in [-0.3, -0.25) is 4.90 Å². The van der Waals surface area contributed by atoms with Gasteiger partial charge in [0.25, 0.3) is 0 Å². The number of hydrogen-bond donors (Lipinski definition) is 0. The Labute approximate surface area is 95.3 Å². The fourth-order valence-corrected chi connectivity index (χ4v) is 3.34. The number of halogens is 1. The van der Waals surface area contributed by atoms with Crippen LogP contribution in [0.25, 0.3) is 0 Å². The summed E-state index contributed by atoms with van der Waals surface area (Å²) in [5.74, 6) is 0.679.